The lowest BCUT2D eigenvalue weighted by Crippen LogP contribution is -2.25. The molecule has 1 aliphatic rings. The van der Waals surface area contributed by atoms with E-state index in [0.29, 0.717) is 12.8 Å². The zero-order valence-corrected chi connectivity index (χ0v) is 12.3. The Morgan fingerprint density at radius 2 is 2.25 bits per heavy atom. The van der Waals surface area contributed by atoms with Gasteiger partial charge in [-0.15, -0.1) is 11.3 Å². The molecule has 1 unspecified atom stereocenters. The lowest BCUT2D eigenvalue weighted by molar-refractivity contribution is 0.174. The van der Waals surface area contributed by atoms with Crippen molar-refractivity contribution in [2.24, 2.45) is 0 Å². The Labute approximate surface area is 122 Å². The van der Waals surface area contributed by atoms with Gasteiger partial charge in [-0.1, -0.05) is 6.07 Å². The standard InChI is InChI=1S/C15H18N2O2S/c1-11(17-8-13-7-16-9-20-13)2-3-12-4-5-14-15(6-12)19-10-18-14/h4-7,9,11,17H,2-3,8,10H2,1H3. The number of thiazole rings is 1. The van der Waals surface area contributed by atoms with E-state index in [9.17, 15) is 0 Å². The maximum Gasteiger partial charge on any atom is 0.231 e. The van der Waals surface area contributed by atoms with Crippen LogP contribution in [0.1, 0.15) is 23.8 Å². The minimum Gasteiger partial charge on any atom is -0.454 e. The molecule has 0 saturated carbocycles. The van der Waals surface area contributed by atoms with E-state index in [0.717, 1.165) is 30.9 Å². The third-order valence-electron chi connectivity index (χ3n) is 3.41. The molecule has 1 N–H and O–H groups in total. The fraction of sp³-hybridized carbons (Fsp3) is 0.400. The number of ether oxygens (including phenoxy) is 2. The Balaban J connectivity index is 1.46. The second-order valence-electron chi connectivity index (χ2n) is 4.98. The van der Waals surface area contributed by atoms with Crippen LogP contribution in [0.25, 0.3) is 0 Å². The van der Waals surface area contributed by atoms with Crippen molar-refractivity contribution < 1.29 is 9.47 Å². The van der Waals surface area contributed by atoms with E-state index in [1.54, 1.807) is 11.3 Å². The largest absolute Gasteiger partial charge is 0.454 e. The van der Waals surface area contributed by atoms with Crippen molar-refractivity contribution in [1.29, 1.82) is 0 Å². The van der Waals surface area contributed by atoms with Gasteiger partial charge < -0.3 is 14.8 Å². The van der Waals surface area contributed by atoms with Crippen LogP contribution in [0, 0.1) is 0 Å². The highest BCUT2D eigenvalue weighted by molar-refractivity contribution is 7.09. The van der Waals surface area contributed by atoms with Crippen molar-refractivity contribution in [3.8, 4) is 11.5 Å². The van der Waals surface area contributed by atoms with E-state index in [-0.39, 0.29) is 0 Å². The van der Waals surface area contributed by atoms with Gasteiger partial charge in [0.25, 0.3) is 0 Å². The summed E-state index contributed by atoms with van der Waals surface area (Å²) in [6, 6.07) is 6.66. The van der Waals surface area contributed by atoms with Gasteiger partial charge in [0.1, 0.15) is 0 Å². The van der Waals surface area contributed by atoms with E-state index < -0.39 is 0 Å². The van der Waals surface area contributed by atoms with Crippen LogP contribution in [0.2, 0.25) is 0 Å². The number of rotatable bonds is 6. The van der Waals surface area contributed by atoms with Crippen LogP contribution in [0.15, 0.2) is 29.9 Å². The number of aromatic nitrogens is 1. The lowest BCUT2D eigenvalue weighted by atomic mass is 10.1. The Kier molecular flexibility index (Phi) is 4.18. The molecule has 0 aliphatic carbocycles. The Morgan fingerprint density at radius 3 is 3.10 bits per heavy atom. The van der Waals surface area contributed by atoms with Gasteiger partial charge in [0, 0.05) is 23.7 Å². The molecule has 2 aromatic rings. The summed E-state index contributed by atoms with van der Waals surface area (Å²) in [7, 11) is 0. The summed E-state index contributed by atoms with van der Waals surface area (Å²) in [5, 5.41) is 3.52. The number of aryl methyl sites for hydroxylation is 1. The molecule has 5 heteroatoms. The summed E-state index contributed by atoms with van der Waals surface area (Å²) in [5.74, 6) is 1.72. The van der Waals surface area contributed by atoms with Gasteiger partial charge in [-0.2, -0.15) is 0 Å². The van der Waals surface area contributed by atoms with Gasteiger partial charge in [0.2, 0.25) is 6.79 Å². The molecule has 106 valence electrons. The maximum atomic E-state index is 5.40. The van der Waals surface area contributed by atoms with Crippen molar-refractivity contribution >= 4 is 11.3 Å². The molecule has 1 aliphatic heterocycles. The molecule has 0 saturated heterocycles. The molecule has 0 radical (unpaired) electrons. The van der Waals surface area contributed by atoms with Crippen LogP contribution in [0.3, 0.4) is 0 Å². The fourth-order valence-electron chi connectivity index (χ4n) is 2.19. The molecule has 0 bridgehead atoms. The quantitative estimate of drug-likeness (QED) is 0.888. The third-order valence-corrected chi connectivity index (χ3v) is 4.19. The zero-order chi connectivity index (χ0) is 13.8. The SMILES string of the molecule is CC(CCc1ccc2c(c1)OCO2)NCc1cncs1. The fourth-order valence-corrected chi connectivity index (χ4v) is 2.73. The number of benzene rings is 1. The molecule has 0 amide bonds. The van der Waals surface area contributed by atoms with Gasteiger partial charge in [0.15, 0.2) is 11.5 Å². The van der Waals surface area contributed by atoms with Crippen LogP contribution in [0.5, 0.6) is 11.5 Å². The van der Waals surface area contributed by atoms with Crippen LogP contribution in [0.4, 0.5) is 0 Å². The predicted octanol–water partition coefficient (Wildman–Crippen LogP) is 2.98. The first-order valence-corrected chi connectivity index (χ1v) is 7.68. The van der Waals surface area contributed by atoms with Crippen molar-refractivity contribution in [1.82, 2.24) is 10.3 Å². The summed E-state index contributed by atoms with van der Waals surface area (Å²) in [4.78, 5) is 5.36. The Morgan fingerprint density at radius 1 is 1.35 bits per heavy atom. The number of nitrogens with one attached hydrogen (secondary N) is 1. The minimum atomic E-state index is 0.339. The monoisotopic (exact) mass is 290 g/mol. The second-order valence-corrected chi connectivity index (χ2v) is 5.95. The number of nitrogens with zero attached hydrogens (tertiary/aromatic N) is 1. The molecule has 0 spiro atoms. The number of fused-ring (bicyclic) bond motifs is 1. The predicted molar refractivity (Wildman–Crippen MR) is 79.3 cm³/mol. The minimum absolute atomic E-state index is 0.339. The molecular weight excluding hydrogens is 272 g/mol. The molecule has 1 atom stereocenters. The maximum absolute atomic E-state index is 5.40. The second kappa shape index (κ2) is 6.24. The van der Waals surface area contributed by atoms with Gasteiger partial charge in [-0.3, -0.25) is 4.98 Å². The van der Waals surface area contributed by atoms with E-state index in [2.05, 4.69) is 29.4 Å². The van der Waals surface area contributed by atoms with Crippen molar-refractivity contribution in [3.05, 3.63) is 40.3 Å². The molecule has 2 heterocycles. The normalized spacial score (nSPS) is 14.4. The first kappa shape index (κ1) is 13.4. The van der Waals surface area contributed by atoms with Crippen LogP contribution < -0.4 is 14.8 Å². The highest BCUT2D eigenvalue weighted by Gasteiger charge is 2.13. The van der Waals surface area contributed by atoms with Crippen molar-refractivity contribution in [2.75, 3.05) is 6.79 Å². The number of hydrogen-bond acceptors (Lipinski definition) is 5. The highest BCUT2D eigenvalue weighted by atomic mass is 32.1. The smallest absolute Gasteiger partial charge is 0.231 e. The molecule has 1 aromatic carbocycles. The molecular formula is C15H18N2O2S. The molecule has 1 aromatic heterocycles. The zero-order valence-electron chi connectivity index (χ0n) is 11.5. The van der Waals surface area contributed by atoms with E-state index in [1.165, 1.54) is 10.4 Å². The van der Waals surface area contributed by atoms with Gasteiger partial charge in [-0.05, 0) is 37.5 Å². The van der Waals surface area contributed by atoms with Crippen LogP contribution in [-0.2, 0) is 13.0 Å². The van der Waals surface area contributed by atoms with Crippen LogP contribution >= 0.6 is 11.3 Å². The summed E-state index contributed by atoms with van der Waals surface area (Å²) >= 11 is 1.69. The highest BCUT2D eigenvalue weighted by Crippen LogP contribution is 2.32. The Bertz CT molecular complexity index is 557. The first-order chi connectivity index (χ1) is 9.81. The molecule has 3 rings (SSSR count). The van der Waals surface area contributed by atoms with Gasteiger partial charge >= 0.3 is 0 Å². The van der Waals surface area contributed by atoms with Crippen molar-refractivity contribution in [2.45, 2.75) is 32.4 Å². The average Bonchev–Trinajstić information content (AvgIpc) is 3.13. The van der Waals surface area contributed by atoms with E-state index in [1.807, 2.05) is 17.8 Å². The Hall–Kier alpha value is -1.59. The first-order valence-electron chi connectivity index (χ1n) is 6.80. The summed E-state index contributed by atoms with van der Waals surface area (Å²) in [6.45, 7) is 3.45. The topological polar surface area (TPSA) is 43.4 Å². The summed E-state index contributed by atoms with van der Waals surface area (Å²) in [5.41, 5.74) is 3.16. The third kappa shape index (κ3) is 3.29. The molecule has 4 nitrogen and oxygen atoms in total. The average molecular weight is 290 g/mol. The lowest BCUT2D eigenvalue weighted by Gasteiger charge is -2.13. The summed E-state index contributed by atoms with van der Waals surface area (Å²) < 4.78 is 10.7. The van der Waals surface area contributed by atoms with E-state index >= 15 is 0 Å². The molecule has 20 heavy (non-hydrogen) atoms. The summed E-state index contributed by atoms with van der Waals surface area (Å²) in [6.07, 6.45) is 4.05. The molecule has 0 fully saturated rings. The number of hydrogen-bond donors (Lipinski definition) is 1. The van der Waals surface area contributed by atoms with Crippen molar-refractivity contribution in [3.63, 3.8) is 0 Å². The van der Waals surface area contributed by atoms with Gasteiger partial charge in [-0.25, -0.2) is 0 Å². The van der Waals surface area contributed by atoms with Gasteiger partial charge in [0.05, 0.1) is 5.51 Å². The van der Waals surface area contributed by atoms with E-state index in [4.69, 9.17) is 9.47 Å². The van der Waals surface area contributed by atoms with Crippen LogP contribution in [-0.4, -0.2) is 17.8 Å².